The number of carbonyl (C=O) groups is 1. The highest BCUT2D eigenvalue weighted by Crippen LogP contribution is 2.19. The Bertz CT molecular complexity index is 673. The fraction of sp³-hybridized carbons (Fsp3) is 0.350. The molecule has 0 saturated heterocycles. The van der Waals surface area contributed by atoms with E-state index in [0.717, 1.165) is 25.1 Å². The van der Waals surface area contributed by atoms with Crippen molar-refractivity contribution in [2.75, 3.05) is 20.1 Å². The lowest BCUT2D eigenvalue weighted by molar-refractivity contribution is 0.0973. The second kappa shape index (κ2) is 9.66. The van der Waals surface area contributed by atoms with E-state index in [1.165, 1.54) is 24.3 Å². The third-order valence-corrected chi connectivity index (χ3v) is 4.40. The van der Waals surface area contributed by atoms with Gasteiger partial charge >= 0.3 is 0 Å². The van der Waals surface area contributed by atoms with Crippen LogP contribution in [-0.4, -0.2) is 35.9 Å². The maximum Gasteiger partial charge on any atom is 0.162 e. The normalized spacial score (nSPS) is 12.4. The second-order valence-corrected chi connectivity index (χ2v) is 6.63. The summed E-state index contributed by atoms with van der Waals surface area (Å²) in [6.45, 7) is 1.49. The highest BCUT2D eigenvalue weighted by Gasteiger charge is 2.10. The molecule has 0 bridgehead atoms. The van der Waals surface area contributed by atoms with Crippen molar-refractivity contribution in [2.24, 2.45) is 0 Å². The summed E-state index contributed by atoms with van der Waals surface area (Å²) >= 11 is 5.84. The van der Waals surface area contributed by atoms with Crippen LogP contribution in [0.4, 0.5) is 4.39 Å². The summed E-state index contributed by atoms with van der Waals surface area (Å²) in [4.78, 5) is 14.1. The van der Waals surface area contributed by atoms with Crippen molar-refractivity contribution < 1.29 is 14.3 Å². The van der Waals surface area contributed by atoms with Crippen LogP contribution in [-0.2, 0) is 0 Å². The van der Waals surface area contributed by atoms with Gasteiger partial charge in [-0.05, 0) is 68.4 Å². The highest BCUT2D eigenvalue weighted by molar-refractivity contribution is 6.30. The van der Waals surface area contributed by atoms with Gasteiger partial charge in [0.25, 0.3) is 0 Å². The number of aliphatic hydroxyl groups excluding tert-OH is 1. The predicted octanol–water partition coefficient (Wildman–Crippen LogP) is 4.50. The molecule has 0 aliphatic carbocycles. The molecular formula is C20H23ClFNO2. The molecule has 3 nitrogen and oxygen atoms in total. The van der Waals surface area contributed by atoms with Gasteiger partial charge in [0.05, 0.1) is 6.10 Å². The molecule has 0 aromatic heterocycles. The average molecular weight is 364 g/mol. The smallest absolute Gasteiger partial charge is 0.162 e. The number of benzene rings is 2. The van der Waals surface area contributed by atoms with Crippen molar-refractivity contribution in [1.82, 2.24) is 4.90 Å². The van der Waals surface area contributed by atoms with Crippen molar-refractivity contribution in [2.45, 2.75) is 25.4 Å². The van der Waals surface area contributed by atoms with Gasteiger partial charge in [-0.1, -0.05) is 23.7 Å². The Morgan fingerprint density at radius 2 is 1.76 bits per heavy atom. The molecule has 1 unspecified atom stereocenters. The van der Waals surface area contributed by atoms with Gasteiger partial charge in [0, 0.05) is 23.6 Å². The molecular weight excluding hydrogens is 341 g/mol. The van der Waals surface area contributed by atoms with Crippen molar-refractivity contribution in [3.63, 3.8) is 0 Å². The largest absolute Gasteiger partial charge is 0.388 e. The molecule has 2 aromatic rings. The molecule has 134 valence electrons. The highest BCUT2D eigenvalue weighted by atomic mass is 35.5. The van der Waals surface area contributed by atoms with Crippen molar-refractivity contribution in [1.29, 1.82) is 0 Å². The van der Waals surface area contributed by atoms with Gasteiger partial charge in [-0.15, -0.1) is 0 Å². The molecule has 0 fully saturated rings. The molecule has 1 N–H and O–H groups in total. The van der Waals surface area contributed by atoms with Gasteiger partial charge < -0.3 is 10.0 Å². The summed E-state index contributed by atoms with van der Waals surface area (Å²) in [7, 11) is 1.97. The third-order valence-electron chi connectivity index (χ3n) is 4.15. The van der Waals surface area contributed by atoms with Gasteiger partial charge in [0.1, 0.15) is 5.82 Å². The molecule has 2 aromatic carbocycles. The zero-order valence-electron chi connectivity index (χ0n) is 14.3. The van der Waals surface area contributed by atoms with E-state index in [1.807, 2.05) is 19.2 Å². The standard InChI is InChI=1S/C20H23ClFNO2/c1-23(14-12-20(25)15-4-8-17(21)9-5-15)13-2-3-19(24)16-6-10-18(22)11-7-16/h4-11,20,25H,2-3,12-14H2,1H3. The lowest BCUT2D eigenvalue weighted by Gasteiger charge is -2.19. The zero-order valence-corrected chi connectivity index (χ0v) is 15.0. The van der Waals surface area contributed by atoms with Crippen LogP contribution >= 0.6 is 11.6 Å². The number of halogens is 2. The molecule has 25 heavy (non-hydrogen) atoms. The summed E-state index contributed by atoms with van der Waals surface area (Å²) in [5, 5.41) is 10.8. The minimum atomic E-state index is -0.527. The topological polar surface area (TPSA) is 40.5 Å². The summed E-state index contributed by atoms with van der Waals surface area (Å²) in [6, 6.07) is 12.8. The van der Waals surface area contributed by atoms with E-state index in [0.29, 0.717) is 23.4 Å². The quantitative estimate of drug-likeness (QED) is 0.667. The Morgan fingerprint density at radius 1 is 1.12 bits per heavy atom. The Labute approximate surface area is 153 Å². The summed E-state index contributed by atoms with van der Waals surface area (Å²) in [6.07, 6.45) is 1.24. The molecule has 0 radical (unpaired) electrons. The minimum absolute atomic E-state index is 0.0228. The lowest BCUT2D eigenvalue weighted by Crippen LogP contribution is -2.23. The maximum atomic E-state index is 12.9. The van der Waals surface area contributed by atoms with Gasteiger partial charge in [0.15, 0.2) is 5.78 Å². The number of aliphatic hydroxyl groups is 1. The van der Waals surface area contributed by atoms with Crippen LogP contribution in [0.1, 0.15) is 41.3 Å². The molecule has 5 heteroatoms. The van der Waals surface area contributed by atoms with E-state index in [1.54, 1.807) is 12.1 Å². The number of ketones is 1. The fourth-order valence-corrected chi connectivity index (χ4v) is 2.72. The zero-order chi connectivity index (χ0) is 18.2. The first kappa shape index (κ1) is 19.6. The van der Waals surface area contributed by atoms with Crippen molar-refractivity contribution in [3.8, 4) is 0 Å². The number of Topliss-reactive ketones (excluding diaryl/α,β-unsaturated/α-hetero) is 1. The fourth-order valence-electron chi connectivity index (χ4n) is 2.60. The Hall–Kier alpha value is -1.75. The Kier molecular flexibility index (Phi) is 7.56. The van der Waals surface area contributed by atoms with Crippen LogP contribution < -0.4 is 0 Å². The lowest BCUT2D eigenvalue weighted by atomic mass is 10.1. The van der Waals surface area contributed by atoms with Gasteiger partial charge in [-0.25, -0.2) is 4.39 Å². The molecule has 1 atom stereocenters. The first-order valence-corrected chi connectivity index (χ1v) is 8.74. The number of hydrogen-bond donors (Lipinski definition) is 1. The van der Waals surface area contributed by atoms with E-state index in [4.69, 9.17) is 11.6 Å². The van der Waals surface area contributed by atoms with Crippen LogP contribution in [0.5, 0.6) is 0 Å². The van der Waals surface area contributed by atoms with E-state index < -0.39 is 6.10 Å². The summed E-state index contributed by atoms with van der Waals surface area (Å²) < 4.78 is 12.9. The van der Waals surface area contributed by atoms with Gasteiger partial charge in [0.2, 0.25) is 0 Å². The van der Waals surface area contributed by atoms with Crippen LogP contribution in [0, 0.1) is 5.82 Å². The number of carbonyl (C=O) groups excluding carboxylic acids is 1. The maximum absolute atomic E-state index is 12.9. The van der Waals surface area contributed by atoms with Crippen LogP contribution in [0.3, 0.4) is 0 Å². The minimum Gasteiger partial charge on any atom is -0.388 e. The Morgan fingerprint density at radius 3 is 2.40 bits per heavy atom. The van der Waals surface area contributed by atoms with Crippen LogP contribution in [0.25, 0.3) is 0 Å². The predicted molar refractivity (Wildman–Crippen MR) is 98.5 cm³/mol. The molecule has 0 amide bonds. The molecule has 0 saturated carbocycles. The number of rotatable bonds is 9. The van der Waals surface area contributed by atoms with E-state index in [-0.39, 0.29) is 11.6 Å². The number of nitrogens with zero attached hydrogens (tertiary/aromatic N) is 1. The monoisotopic (exact) mass is 363 g/mol. The summed E-state index contributed by atoms with van der Waals surface area (Å²) in [5.74, 6) is -0.315. The SMILES string of the molecule is CN(CCCC(=O)c1ccc(F)cc1)CCC(O)c1ccc(Cl)cc1. The third kappa shape index (κ3) is 6.58. The van der Waals surface area contributed by atoms with E-state index in [2.05, 4.69) is 4.90 Å². The van der Waals surface area contributed by atoms with Gasteiger partial charge in [-0.2, -0.15) is 0 Å². The van der Waals surface area contributed by atoms with E-state index >= 15 is 0 Å². The molecule has 0 heterocycles. The van der Waals surface area contributed by atoms with Gasteiger partial charge in [-0.3, -0.25) is 4.79 Å². The van der Waals surface area contributed by atoms with E-state index in [9.17, 15) is 14.3 Å². The summed E-state index contributed by atoms with van der Waals surface area (Å²) in [5.41, 5.74) is 1.39. The molecule has 0 aliphatic heterocycles. The van der Waals surface area contributed by atoms with Crippen LogP contribution in [0.2, 0.25) is 5.02 Å². The molecule has 2 rings (SSSR count). The first-order chi connectivity index (χ1) is 12.0. The number of hydrogen-bond acceptors (Lipinski definition) is 3. The molecule has 0 aliphatic rings. The molecule has 0 spiro atoms. The van der Waals surface area contributed by atoms with Crippen molar-refractivity contribution >= 4 is 17.4 Å². The first-order valence-electron chi connectivity index (χ1n) is 8.36. The average Bonchev–Trinajstić information content (AvgIpc) is 2.60. The van der Waals surface area contributed by atoms with Crippen molar-refractivity contribution in [3.05, 3.63) is 70.5 Å². The second-order valence-electron chi connectivity index (χ2n) is 6.19. The van der Waals surface area contributed by atoms with Crippen LogP contribution in [0.15, 0.2) is 48.5 Å². The Balaban J connectivity index is 1.68.